The number of piperidine rings is 1. The van der Waals surface area contributed by atoms with E-state index >= 15 is 0 Å². The molecule has 0 aromatic heterocycles. The molecule has 0 radical (unpaired) electrons. The summed E-state index contributed by atoms with van der Waals surface area (Å²) in [6, 6.07) is 0. The maximum Gasteiger partial charge on any atom is 0.134 e. The van der Waals surface area contributed by atoms with Gasteiger partial charge in [-0.25, -0.2) is 0 Å². The average Bonchev–Trinajstić information content (AvgIpc) is 2.34. The predicted molar refractivity (Wildman–Crippen MR) is 67.2 cm³/mol. The standard InChI is InChI=1S/C13H25NO3/c1-12(15)13-5-3-6-14(11-13)7-4-8-17-10-9-16-2/h13H,3-11H2,1-2H3. The molecule has 1 aliphatic heterocycles. The fourth-order valence-electron chi connectivity index (χ4n) is 2.22. The van der Waals surface area contributed by atoms with Gasteiger partial charge in [-0.3, -0.25) is 4.79 Å². The fraction of sp³-hybridized carbons (Fsp3) is 0.923. The van der Waals surface area contributed by atoms with E-state index in [9.17, 15) is 4.79 Å². The molecule has 4 nitrogen and oxygen atoms in total. The monoisotopic (exact) mass is 243 g/mol. The summed E-state index contributed by atoms with van der Waals surface area (Å²) in [4.78, 5) is 13.7. The molecule has 0 aliphatic carbocycles. The van der Waals surface area contributed by atoms with Gasteiger partial charge in [0.2, 0.25) is 0 Å². The summed E-state index contributed by atoms with van der Waals surface area (Å²) in [7, 11) is 1.68. The number of carbonyl (C=O) groups is 1. The van der Waals surface area contributed by atoms with Gasteiger partial charge in [-0.15, -0.1) is 0 Å². The van der Waals surface area contributed by atoms with E-state index in [4.69, 9.17) is 9.47 Å². The fourth-order valence-corrected chi connectivity index (χ4v) is 2.22. The van der Waals surface area contributed by atoms with Crippen molar-refractivity contribution >= 4 is 5.78 Å². The predicted octanol–water partition coefficient (Wildman–Crippen LogP) is 1.34. The Kier molecular flexibility index (Phi) is 7.40. The Bertz CT molecular complexity index is 221. The zero-order valence-electron chi connectivity index (χ0n) is 11.1. The van der Waals surface area contributed by atoms with E-state index in [1.54, 1.807) is 14.0 Å². The number of rotatable bonds is 8. The van der Waals surface area contributed by atoms with Crippen LogP contribution in [0.5, 0.6) is 0 Å². The Balaban J connectivity index is 2.04. The van der Waals surface area contributed by atoms with Crippen molar-refractivity contribution in [3.05, 3.63) is 0 Å². The summed E-state index contributed by atoms with van der Waals surface area (Å²) in [6.45, 7) is 6.93. The third kappa shape index (κ3) is 6.15. The summed E-state index contributed by atoms with van der Waals surface area (Å²) >= 11 is 0. The molecule has 0 aromatic carbocycles. The normalized spacial score (nSPS) is 21.6. The summed E-state index contributed by atoms with van der Waals surface area (Å²) in [5.41, 5.74) is 0. The SMILES string of the molecule is COCCOCCCN1CCCC(C(C)=O)C1. The summed E-state index contributed by atoms with van der Waals surface area (Å²) in [5.74, 6) is 0.601. The van der Waals surface area contributed by atoms with Crippen LogP contribution in [0.15, 0.2) is 0 Å². The zero-order chi connectivity index (χ0) is 12.5. The highest BCUT2D eigenvalue weighted by Gasteiger charge is 2.22. The molecule has 1 atom stereocenters. The number of ketones is 1. The van der Waals surface area contributed by atoms with Crippen LogP contribution in [-0.2, 0) is 14.3 Å². The van der Waals surface area contributed by atoms with Gasteiger partial charge in [0.15, 0.2) is 0 Å². The molecule has 1 heterocycles. The summed E-state index contributed by atoms with van der Waals surface area (Å²) in [6.07, 6.45) is 3.25. The number of nitrogens with zero attached hydrogens (tertiary/aromatic N) is 1. The molecule has 0 aromatic rings. The van der Waals surface area contributed by atoms with Crippen molar-refractivity contribution in [2.75, 3.05) is 46.6 Å². The van der Waals surface area contributed by atoms with Crippen LogP contribution in [0, 0.1) is 5.92 Å². The molecule has 1 fully saturated rings. The van der Waals surface area contributed by atoms with Gasteiger partial charge in [0.25, 0.3) is 0 Å². The number of methoxy groups -OCH3 is 1. The molecule has 1 saturated heterocycles. The van der Waals surface area contributed by atoms with Crippen molar-refractivity contribution in [1.82, 2.24) is 4.90 Å². The second kappa shape index (κ2) is 8.61. The maximum absolute atomic E-state index is 11.3. The van der Waals surface area contributed by atoms with Gasteiger partial charge in [0.05, 0.1) is 13.2 Å². The van der Waals surface area contributed by atoms with E-state index in [0.717, 1.165) is 45.5 Å². The van der Waals surface area contributed by atoms with Gasteiger partial charge in [-0.1, -0.05) is 0 Å². The number of Topliss-reactive ketones (excluding diaryl/α,β-unsaturated/α-hetero) is 1. The molecule has 17 heavy (non-hydrogen) atoms. The van der Waals surface area contributed by atoms with E-state index < -0.39 is 0 Å². The molecule has 1 rings (SSSR count). The lowest BCUT2D eigenvalue weighted by Crippen LogP contribution is -2.38. The molecule has 0 N–H and O–H groups in total. The van der Waals surface area contributed by atoms with Crippen LogP contribution < -0.4 is 0 Å². The molecule has 0 bridgehead atoms. The number of carbonyl (C=O) groups excluding carboxylic acids is 1. The molecular weight excluding hydrogens is 218 g/mol. The second-order valence-corrected chi connectivity index (χ2v) is 4.71. The minimum atomic E-state index is 0.262. The zero-order valence-corrected chi connectivity index (χ0v) is 11.1. The van der Waals surface area contributed by atoms with E-state index in [0.29, 0.717) is 19.0 Å². The highest BCUT2D eigenvalue weighted by molar-refractivity contribution is 5.78. The molecule has 1 aliphatic rings. The van der Waals surface area contributed by atoms with E-state index in [1.165, 1.54) is 0 Å². The lowest BCUT2D eigenvalue weighted by molar-refractivity contribution is -0.122. The van der Waals surface area contributed by atoms with Crippen molar-refractivity contribution in [2.24, 2.45) is 5.92 Å². The lowest BCUT2D eigenvalue weighted by atomic mass is 9.94. The largest absolute Gasteiger partial charge is 0.382 e. The van der Waals surface area contributed by atoms with Crippen LogP contribution in [0.25, 0.3) is 0 Å². The second-order valence-electron chi connectivity index (χ2n) is 4.71. The van der Waals surface area contributed by atoms with Crippen LogP contribution in [0.4, 0.5) is 0 Å². The molecular formula is C13H25NO3. The van der Waals surface area contributed by atoms with Crippen LogP contribution in [0.2, 0.25) is 0 Å². The lowest BCUT2D eigenvalue weighted by Gasteiger charge is -2.31. The van der Waals surface area contributed by atoms with Gasteiger partial charge < -0.3 is 14.4 Å². The van der Waals surface area contributed by atoms with Crippen molar-refractivity contribution in [2.45, 2.75) is 26.2 Å². The Labute approximate surface area is 104 Å². The van der Waals surface area contributed by atoms with Gasteiger partial charge in [-0.05, 0) is 32.7 Å². The number of hydrogen-bond acceptors (Lipinski definition) is 4. The number of hydrogen-bond donors (Lipinski definition) is 0. The summed E-state index contributed by atoms with van der Waals surface area (Å²) < 4.78 is 10.3. The quantitative estimate of drug-likeness (QED) is 0.603. The maximum atomic E-state index is 11.3. The first-order valence-corrected chi connectivity index (χ1v) is 6.53. The topological polar surface area (TPSA) is 38.8 Å². The van der Waals surface area contributed by atoms with E-state index in [2.05, 4.69) is 4.90 Å². The van der Waals surface area contributed by atoms with E-state index in [-0.39, 0.29) is 5.92 Å². The van der Waals surface area contributed by atoms with Gasteiger partial charge in [-0.2, -0.15) is 0 Å². The number of likely N-dealkylation sites (tertiary alicyclic amines) is 1. The van der Waals surface area contributed by atoms with Gasteiger partial charge in [0, 0.05) is 32.7 Å². The average molecular weight is 243 g/mol. The van der Waals surface area contributed by atoms with Gasteiger partial charge in [0.1, 0.15) is 5.78 Å². The van der Waals surface area contributed by atoms with Crippen LogP contribution in [-0.4, -0.2) is 57.2 Å². The van der Waals surface area contributed by atoms with Crippen LogP contribution in [0.1, 0.15) is 26.2 Å². The Morgan fingerprint density at radius 1 is 1.35 bits per heavy atom. The van der Waals surface area contributed by atoms with Crippen molar-refractivity contribution in [1.29, 1.82) is 0 Å². The van der Waals surface area contributed by atoms with Crippen molar-refractivity contribution in [3.63, 3.8) is 0 Å². The smallest absolute Gasteiger partial charge is 0.134 e. The Morgan fingerprint density at radius 2 is 2.18 bits per heavy atom. The first-order valence-electron chi connectivity index (χ1n) is 6.53. The van der Waals surface area contributed by atoms with Crippen LogP contribution in [0.3, 0.4) is 0 Å². The summed E-state index contributed by atoms with van der Waals surface area (Å²) in [5, 5.41) is 0. The highest BCUT2D eigenvalue weighted by Crippen LogP contribution is 2.17. The third-order valence-electron chi connectivity index (χ3n) is 3.28. The molecule has 100 valence electrons. The van der Waals surface area contributed by atoms with Gasteiger partial charge >= 0.3 is 0 Å². The van der Waals surface area contributed by atoms with E-state index in [1.807, 2.05) is 0 Å². The third-order valence-corrected chi connectivity index (χ3v) is 3.28. The Morgan fingerprint density at radius 3 is 2.88 bits per heavy atom. The first kappa shape index (κ1) is 14.6. The molecule has 0 spiro atoms. The number of ether oxygens (including phenoxy) is 2. The van der Waals surface area contributed by atoms with Crippen LogP contribution >= 0.6 is 0 Å². The van der Waals surface area contributed by atoms with Crippen molar-refractivity contribution in [3.8, 4) is 0 Å². The highest BCUT2D eigenvalue weighted by atomic mass is 16.5. The molecule has 4 heteroatoms. The Hall–Kier alpha value is -0.450. The molecule has 0 amide bonds. The molecule has 0 saturated carbocycles. The molecule has 1 unspecified atom stereocenters. The van der Waals surface area contributed by atoms with Crippen molar-refractivity contribution < 1.29 is 14.3 Å². The first-order chi connectivity index (χ1) is 8.24. The minimum Gasteiger partial charge on any atom is -0.382 e. The minimum absolute atomic E-state index is 0.262.